The lowest BCUT2D eigenvalue weighted by molar-refractivity contribution is -0.130. The Balaban J connectivity index is 1.59. The fourth-order valence-electron chi connectivity index (χ4n) is 3.42. The molecule has 1 aliphatic heterocycles. The molecule has 0 aliphatic carbocycles. The fourth-order valence-corrected chi connectivity index (χ4v) is 3.42. The lowest BCUT2D eigenvalue weighted by Crippen LogP contribution is -2.51. The van der Waals surface area contributed by atoms with E-state index in [1.807, 2.05) is 31.2 Å². The number of hydrogen-bond donors (Lipinski definition) is 1. The van der Waals surface area contributed by atoms with Crippen molar-refractivity contribution in [2.45, 2.75) is 33.1 Å². The smallest absolute Gasteiger partial charge is 0.227 e. The number of nitrogens with one attached hydrogen (secondary N) is 1. The number of hydrogen-bond acceptors (Lipinski definition) is 4. The average Bonchev–Trinajstić information content (AvgIpc) is 2.62. The number of piperidine rings is 1. The standard InChI is InChI=1S/C20H26N4O/c1-16-21-13-10-18(23-16)24-14-6-11-20(2,15-24)19(25)22-12-9-17-7-4-3-5-8-17/h3-5,7-8,10,13H,6,9,11-12,14-15H2,1-2H3,(H,22,25)/t20-/m0/s1. The van der Waals surface area contributed by atoms with Gasteiger partial charge in [0.15, 0.2) is 0 Å². The largest absolute Gasteiger partial charge is 0.355 e. The summed E-state index contributed by atoms with van der Waals surface area (Å²) in [5.74, 6) is 1.81. The molecule has 1 saturated heterocycles. The predicted octanol–water partition coefficient (Wildman–Crippen LogP) is 2.75. The Hall–Kier alpha value is -2.43. The van der Waals surface area contributed by atoms with Crippen molar-refractivity contribution in [3.05, 3.63) is 54.0 Å². The van der Waals surface area contributed by atoms with Crippen molar-refractivity contribution in [2.24, 2.45) is 5.41 Å². The summed E-state index contributed by atoms with van der Waals surface area (Å²) in [4.78, 5) is 23.7. The number of benzene rings is 1. The van der Waals surface area contributed by atoms with Crippen LogP contribution >= 0.6 is 0 Å². The maximum absolute atomic E-state index is 12.8. The number of carbonyl (C=O) groups is 1. The van der Waals surface area contributed by atoms with Crippen molar-refractivity contribution in [1.82, 2.24) is 15.3 Å². The first-order chi connectivity index (χ1) is 12.1. The Morgan fingerprint density at radius 3 is 2.84 bits per heavy atom. The number of rotatable bonds is 5. The first-order valence-electron chi connectivity index (χ1n) is 8.94. The van der Waals surface area contributed by atoms with Crippen LogP contribution in [0.2, 0.25) is 0 Å². The SMILES string of the molecule is Cc1nccc(N2CCC[C@](C)(C(=O)NCCc3ccccc3)C2)n1. The number of aryl methyl sites for hydroxylation is 1. The molecule has 0 unspecified atom stereocenters. The highest BCUT2D eigenvalue weighted by molar-refractivity contribution is 5.83. The third kappa shape index (κ3) is 4.35. The van der Waals surface area contributed by atoms with E-state index in [0.717, 1.165) is 37.4 Å². The third-order valence-electron chi connectivity index (χ3n) is 4.87. The zero-order chi connectivity index (χ0) is 17.7. The zero-order valence-electron chi connectivity index (χ0n) is 15.0. The summed E-state index contributed by atoms with van der Waals surface area (Å²) in [6.07, 6.45) is 4.54. The molecule has 0 bridgehead atoms. The summed E-state index contributed by atoms with van der Waals surface area (Å²) in [6.45, 7) is 6.25. The summed E-state index contributed by atoms with van der Waals surface area (Å²) < 4.78 is 0. The van der Waals surface area contributed by atoms with Crippen LogP contribution in [0, 0.1) is 12.3 Å². The van der Waals surface area contributed by atoms with E-state index in [4.69, 9.17) is 0 Å². The van der Waals surface area contributed by atoms with Crippen LogP contribution in [0.25, 0.3) is 0 Å². The molecular weight excluding hydrogens is 312 g/mol. The normalized spacial score (nSPS) is 20.3. The topological polar surface area (TPSA) is 58.1 Å². The molecule has 1 N–H and O–H groups in total. The summed E-state index contributed by atoms with van der Waals surface area (Å²) >= 11 is 0. The van der Waals surface area contributed by atoms with Gasteiger partial charge in [0.1, 0.15) is 11.6 Å². The summed E-state index contributed by atoms with van der Waals surface area (Å²) in [5, 5.41) is 3.13. The Kier molecular flexibility index (Phi) is 5.31. The van der Waals surface area contributed by atoms with Crippen molar-refractivity contribution in [2.75, 3.05) is 24.5 Å². The number of aromatic nitrogens is 2. The molecule has 2 aromatic rings. The summed E-state index contributed by atoms with van der Waals surface area (Å²) in [5.41, 5.74) is 0.864. The van der Waals surface area contributed by atoms with Gasteiger partial charge in [-0.25, -0.2) is 9.97 Å². The molecule has 0 spiro atoms. The van der Waals surface area contributed by atoms with Crippen molar-refractivity contribution in [3.63, 3.8) is 0 Å². The van der Waals surface area contributed by atoms with E-state index >= 15 is 0 Å². The van der Waals surface area contributed by atoms with Crippen LogP contribution in [0.4, 0.5) is 5.82 Å². The molecule has 1 aromatic carbocycles. The van der Waals surface area contributed by atoms with E-state index in [0.29, 0.717) is 13.1 Å². The molecule has 1 aliphatic rings. The molecule has 0 saturated carbocycles. The lowest BCUT2D eigenvalue weighted by atomic mass is 9.81. The second-order valence-electron chi connectivity index (χ2n) is 7.04. The van der Waals surface area contributed by atoms with E-state index in [-0.39, 0.29) is 11.3 Å². The Labute approximate surface area is 149 Å². The minimum atomic E-state index is -0.381. The highest BCUT2D eigenvalue weighted by Gasteiger charge is 2.38. The van der Waals surface area contributed by atoms with Gasteiger partial charge in [0.05, 0.1) is 5.41 Å². The monoisotopic (exact) mass is 338 g/mol. The van der Waals surface area contributed by atoms with E-state index < -0.39 is 0 Å². The Morgan fingerprint density at radius 2 is 2.08 bits per heavy atom. The highest BCUT2D eigenvalue weighted by atomic mass is 16.2. The Bertz CT molecular complexity index is 719. The van der Waals surface area contributed by atoms with Crippen molar-refractivity contribution >= 4 is 11.7 Å². The molecule has 0 radical (unpaired) electrons. The molecule has 132 valence electrons. The molecule has 1 amide bonds. The van der Waals surface area contributed by atoms with Crippen LogP contribution in [0.3, 0.4) is 0 Å². The van der Waals surface area contributed by atoms with E-state index in [1.165, 1.54) is 5.56 Å². The highest BCUT2D eigenvalue weighted by Crippen LogP contribution is 2.31. The quantitative estimate of drug-likeness (QED) is 0.911. The molecule has 5 heteroatoms. The molecular formula is C20H26N4O. The third-order valence-corrected chi connectivity index (χ3v) is 4.87. The molecule has 2 heterocycles. The van der Waals surface area contributed by atoms with E-state index in [2.05, 4.69) is 39.2 Å². The van der Waals surface area contributed by atoms with Gasteiger partial charge in [0.2, 0.25) is 5.91 Å². The molecule has 1 atom stereocenters. The second kappa shape index (κ2) is 7.64. The van der Waals surface area contributed by atoms with E-state index in [1.54, 1.807) is 6.20 Å². The second-order valence-corrected chi connectivity index (χ2v) is 7.04. The van der Waals surface area contributed by atoms with Gasteiger partial charge in [0.25, 0.3) is 0 Å². The fraction of sp³-hybridized carbons (Fsp3) is 0.450. The van der Waals surface area contributed by atoms with Gasteiger partial charge >= 0.3 is 0 Å². The zero-order valence-corrected chi connectivity index (χ0v) is 15.0. The molecule has 5 nitrogen and oxygen atoms in total. The van der Waals surface area contributed by atoms with Gasteiger partial charge < -0.3 is 10.2 Å². The molecule has 1 fully saturated rings. The maximum atomic E-state index is 12.8. The number of carbonyl (C=O) groups excluding carboxylic acids is 1. The maximum Gasteiger partial charge on any atom is 0.227 e. The number of nitrogens with zero attached hydrogens (tertiary/aromatic N) is 3. The van der Waals surface area contributed by atoms with Crippen LogP contribution in [0.15, 0.2) is 42.6 Å². The van der Waals surface area contributed by atoms with Crippen molar-refractivity contribution in [3.8, 4) is 0 Å². The average molecular weight is 338 g/mol. The molecule has 3 rings (SSSR count). The predicted molar refractivity (Wildman–Crippen MR) is 99.5 cm³/mol. The van der Waals surface area contributed by atoms with Gasteiger partial charge in [-0.1, -0.05) is 30.3 Å². The first kappa shape index (κ1) is 17.4. The van der Waals surface area contributed by atoms with Crippen molar-refractivity contribution in [1.29, 1.82) is 0 Å². The molecule has 1 aromatic heterocycles. The Morgan fingerprint density at radius 1 is 1.28 bits per heavy atom. The van der Waals surface area contributed by atoms with Crippen LogP contribution in [-0.2, 0) is 11.2 Å². The van der Waals surface area contributed by atoms with E-state index in [9.17, 15) is 4.79 Å². The van der Waals surface area contributed by atoms with Crippen molar-refractivity contribution < 1.29 is 4.79 Å². The van der Waals surface area contributed by atoms with Gasteiger partial charge in [0, 0.05) is 25.8 Å². The van der Waals surface area contributed by atoms with Gasteiger partial charge in [-0.3, -0.25) is 4.79 Å². The summed E-state index contributed by atoms with van der Waals surface area (Å²) in [6, 6.07) is 12.2. The van der Waals surface area contributed by atoms with Gasteiger partial charge in [-0.05, 0) is 44.7 Å². The van der Waals surface area contributed by atoms with Crippen LogP contribution in [0.1, 0.15) is 31.2 Å². The number of amides is 1. The van der Waals surface area contributed by atoms with Gasteiger partial charge in [-0.15, -0.1) is 0 Å². The first-order valence-corrected chi connectivity index (χ1v) is 8.94. The number of anilines is 1. The van der Waals surface area contributed by atoms with Gasteiger partial charge in [-0.2, -0.15) is 0 Å². The summed E-state index contributed by atoms with van der Waals surface area (Å²) in [7, 11) is 0. The van der Waals surface area contributed by atoms with Crippen LogP contribution in [0.5, 0.6) is 0 Å². The minimum Gasteiger partial charge on any atom is -0.355 e. The van der Waals surface area contributed by atoms with Crippen LogP contribution < -0.4 is 10.2 Å². The minimum absolute atomic E-state index is 0.138. The molecule has 25 heavy (non-hydrogen) atoms. The lowest BCUT2D eigenvalue weighted by Gasteiger charge is -2.40. The van der Waals surface area contributed by atoms with Crippen LogP contribution in [-0.4, -0.2) is 35.5 Å².